The zero-order valence-corrected chi connectivity index (χ0v) is 25.7. The Kier molecular flexibility index (Phi) is 10.6. The molecule has 42 heavy (non-hydrogen) atoms. The summed E-state index contributed by atoms with van der Waals surface area (Å²) >= 11 is 0. The van der Waals surface area contributed by atoms with E-state index in [1.165, 1.54) is 11.3 Å². The molecular weight excluding hydrogens is 560 g/mol. The summed E-state index contributed by atoms with van der Waals surface area (Å²) < 4.78 is 25.5. The quantitative estimate of drug-likeness (QED) is 0.164. The number of allylic oxidation sites excluding steroid dienone is 1. The number of carboxylic acid groups (broad SMARTS) is 1. The van der Waals surface area contributed by atoms with Crippen LogP contribution in [0.15, 0.2) is 12.2 Å². The molecule has 0 aromatic carbocycles. The van der Waals surface area contributed by atoms with Crippen molar-refractivity contribution in [2.24, 2.45) is 5.92 Å². The number of carbonyl (C=O) groups excluding carboxylic acids is 3. The highest BCUT2D eigenvalue weighted by atomic mass is 32.2. The van der Waals surface area contributed by atoms with Crippen LogP contribution >= 0.6 is 0 Å². The van der Waals surface area contributed by atoms with E-state index in [0.717, 1.165) is 44.9 Å². The Balaban J connectivity index is 1.28. The van der Waals surface area contributed by atoms with Gasteiger partial charge >= 0.3 is 12.0 Å². The molecule has 1 unspecified atom stereocenters. The van der Waals surface area contributed by atoms with Gasteiger partial charge in [-0.05, 0) is 57.8 Å². The maximum Gasteiger partial charge on any atom is 0.330 e. The summed E-state index contributed by atoms with van der Waals surface area (Å²) in [5.41, 5.74) is -2.18. The lowest BCUT2D eigenvalue weighted by Crippen LogP contribution is -2.58. The molecular formula is C30H48N4O7S. The van der Waals surface area contributed by atoms with Crippen LogP contribution < -0.4 is 16.0 Å². The van der Waals surface area contributed by atoms with Crippen molar-refractivity contribution >= 4 is 33.7 Å². The Labute approximate surface area is 249 Å². The van der Waals surface area contributed by atoms with E-state index >= 15 is 0 Å². The number of carboxylic acids is 1. The van der Waals surface area contributed by atoms with Crippen molar-refractivity contribution in [3.63, 3.8) is 0 Å². The van der Waals surface area contributed by atoms with Gasteiger partial charge in [0.2, 0.25) is 11.8 Å². The molecule has 0 aromatic rings. The summed E-state index contributed by atoms with van der Waals surface area (Å²) in [6, 6.07) is -1.39. The van der Waals surface area contributed by atoms with Gasteiger partial charge < -0.3 is 26.0 Å². The Hall–Kier alpha value is -2.63. The van der Waals surface area contributed by atoms with Gasteiger partial charge in [-0.3, -0.25) is 9.59 Å². The van der Waals surface area contributed by atoms with E-state index in [2.05, 4.69) is 22.9 Å². The van der Waals surface area contributed by atoms with Crippen LogP contribution in [-0.4, -0.2) is 83.5 Å². The molecule has 0 bridgehead atoms. The largest absolute Gasteiger partial charge is 0.479 e. The monoisotopic (exact) mass is 608 g/mol. The molecule has 236 valence electrons. The van der Waals surface area contributed by atoms with Gasteiger partial charge in [-0.25, -0.2) is 18.0 Å². The highest BCUT2D eigenvalue weighted by Crippen LogP contribution is 2.45. The molecule has 0 radical (unpaired) electrons. The first kappa shape index (κ1) is 32.3. The predicted octanol–water partition coefficient (Wildman–Crippen LogP) is 3.04. The number of unbranched alkanes of at least 4 members (excludes halogenated alkanes) is 4. The van der Waals surface area contributed by atoms with E-state index in [1.807, 2.05) is 12.2 Å². The SMILES string of the molecule is CCCCCC/C=C\C1C[C@]1(NC(=O)[C@@H]1CCCN1C(=O)CNC(=O)NC1(CS(=O)(=O)C2CC2)CCCCC1)C(=O)O. The van der Waals surface area contributed by atoms with E-state index in [4.69, 9.17) is 0 Å². The number of aliphatic carboxylic acids is 1. The third-order valence-electron chi connectivity index (χ3n) is 9.31. The highest BCUT2D eigenvalue weighted by Gasteiger charge is 2.61. The number of sulfone groups is 1. The van der Waals surface area contributed by atoms with Crippen LogP contribution in [0.3, 0.4) is 0 Å². The number of carbonyl (C=O) groups is 4. The fourth-order valence-corrected chi connectivity index (χ4v) is 8.78. The van der Waals surface area contributed by atoms with Crippen molar-refractivity contribution in [3.05, 3.63) is 12.2 Å². The average molecular weight is 609 g/mol. The van der Waals surface area contributed by atoms with Crippen LogP contribution in [0.2, 0.25) is 0 Å². The van der Waals surface area contributed by atoms with Gasteiger partial charge in [0.05, 0.1) is 23.1 Å². The molecule has 4 fully saturated rings. The van der Waals surface area contributed by atoms with Gasteiger partial charge in [0.25, 0.3) is 0 Å². The molecule has 1 saturated heterocycles. The van der Waals surface area contributed by atoms with Gasteiger partial charge in [-0.1, -0.05) is 57.6 Å². The minimum Gasteiger partial charge on any atom is -0.479 e. The van der Waals surface area contributed by atoms with Crippen molar-refractivity contribution in [1.82, 2.24) is 20.9 Å². The second kappa shape index (κ2) is 13.8. The number of rotatable bonds is 15. The lowest BCUT2D eigenvalue weighted by molar-refractivity contribution is -0.145. The second-order valence-corrected chi connectivity index (χ2v) is 15.0. The summed E-state index contributed by atoms with van der Waals surface area (Å²) in [4.78, 5) is 52.6. The lowest BCUT2D eigenvalue weighted by Gasteiger charge is -2.38. The topological polar surface area (TPSA) is 162 Å². The molecule has 4 rings (SSSR count). The number of hydrogen-bond donors (Lipinski definition) is 4. The highest BCUT2D eigenvalue weighted by molar-refractivity contribution is 7.92. The van der Waals surface area contributed by atoms with Crippen LogP contribution in [-0.2, 0) is 24.2 Å². The molecule has 11 nitrogen and oxygen atoms in total. The van der Waals surface area contributed by atoms with Gasteiger partial charge in [-0.15, -0.1) is 0 Å². The van der Waals surface area contributed by atoms with E-state index in [9.17, 15) is 32.7 Å². The molecule has 3 saturated carbocycles. The number of nitrogens with one attached hydrogen (secondary N) is 3. The standard InChI is InChI=1S/C30H48N4O7S/c1-2-3-4-5-6-8-12-22-19-30(22,27(37)38)32-26(36)24-13-11-18-34(24)25(35)20-31-28(39)33-29(16-9-7-10-17-29)21-42(40,41)23-14-15-23/h8,12,22-24H,2-7,9-11,13-21H2,1H3,(H,32,36)(H,37,38)(H2,31,33,39)/b12-8-/t22?,24-,30+/m0/s1. The first-order valence-electron chi connectivity index (χ1n) is 15.8. The molecule has 12 heteroatoms. The lowest BCUT2D eigenvalue weighted by atomic mass is 9.83. The first-order chi connectivity index (χ1) is 20.0. The normalized spacial score (nSPS) is 27.0. The molecule has 4 aliphatic rings. The first-order valence-corrected chi connectivity index (χ1v) is 17.5. The van der Waals surface area contributed by atoms with Crippen LogP contribution in [0.5, 0.6) is 0 Å². The fraction of sp³-hybridized carbons (Fsp3) is 0.800. The van der Waals surface area contributed by atoms with Crippen LogP contribution in [0.25, 0.3) is 0 Å². The maximum absolute atomic E-state index is 13.2. The van der Waals surface area contributed by atoms with Crippen molar-refractivity contribution in [1.29, 1.82) is 0 Å². The maximum atomic E-state index is 13.2. The molecule has 1 aliphatic heterocycles. The summed E-state index contributed by atoms with van der Waals surface area (Å²) in [7, 11) is -3.29. The number of hydrogen-bond acceptors (Lipinski definition) is 6. The van der Waals surface area contributed by atoms with Crippen molar-refractivity contribution in [2.75, 3.05) is 18.8 Å². The molecule has 4 amide bonds. The minimum absolute atomic E-state index is 0.0826. The Morgan fingerprint density at radius 2 is 1.71 bits per heavy atom. The van der Waals surface area contributed by atoms with E-state index in [-0.39, 0.29) is 23.5 Å². The third kappa shape index (κ3) is 8.05. The molecule has 0 aromatic heterocycles. The van der Waals surface area contributed by atoms with Gasteiger partial charge in [0.1, 0.15) is 11.6 Å². The summed E-state index contributed by atoms with van der Waals surface area (Å²) in [5, 5.41) is 17.8. The van der Waals surface area contributed by atoms with Gasteiger partial charge in [-0.2, -0.15) is 0 Å². The summed E-state index contributed by atoms with van der Waals surface area (Å²) in [6.07, 6.45) is 15.8. The zero-order valence-electron chi connectivity index (χ0n) is 24.9. The summed E-state index contributed by atoms with van der Waals surface area (Å²) in [5.74, 6) is -2.36. The van der Waals surface area contributed by atoms with Crippen molar-refractivity contribution in [3.8, 4) is 0 Å². The second-order valence-electron chi connectivity index (χ2n) is 12.8. The zero-order chi connectivity index (χ0) is 30.4. The fourth-order valence-electron chi connectivity index (χ4n) is 6.56. The van der Waals surface area contributed by atoms with Crippen LogP contribution in [0.1, 0.15) is 103 Å². The van der Waals surface area contributed by atoms with E-state index in [1.54, 1.807) is 0 Å². The smallest absolute Gasteiger partial charge is 0.330 e. The molecule has 4 N–H and O–H groups in total. The van der Waals surface area contributed by atoms with Crippen LogP contribution in [0.4, 0.5) is 4.79 Å². The third-order valence-corrected chi connectivity index (χ3v) is 11.8. The van der Waals surface area contributed by atoms with E-state index in [0.29, 0.717) is 51.5 Å². The van der Waals surface area contributed by atoms with Crippen LogP contribution in [0, 0.1) is 5.92 Å². The van der Waals surface area contributed by atoms with Crippen molar-refractivity contribution in [2.45, 2.75) is 126 Å². The number of amides is 4. The van der Waals surface area contributed by atoms with E-state index < -0.39 is 50.8 Å². The molecule has 3 aliphatic carbocycles. The number of nitrogens with zero attached hydrogens (tertiary/aromatic N) is 1. The van der Waals surface area contributed by atoms with Crippen molar-refractivity contribution < 1.29 is 32.7 Å². The molecule has 3 atom stereocenters. The Morgan fingerprint density at radius 3 is 2.38 bits per heavy atom. The van der Waals surface area contributed by atoms with Gasteiger partial charge in [0, 0.05) is 12.5 Å². The molecule has 0 spiro atoms. The minimum atomic E-state index is -3.29. The molecule has 1 heterocycles. The Morgan fingerprint density at radius 1 is 0.976 bits per heavy atom. The summed E-state index contributed by atoms with van der Waals surface area (Å²) in [6.45, 7) is 2.15. The van der Waals surface area contributed by atoms with Gasteiger partial charge in [0.15, 0.2) is 9.84 Å². The predicted molar refractivity (Wildman–Crippen MR) is 158 cm³/mol. The number of urea groups is 1. The number of likely N-dealkylation sites (tertiary alicyclic amines) is 1. The average Bonchev–Trinajstić information content (AvgIpc) is 3.86. The Bertz CT molecular complexity index is 1150.